The molecule has 0 aliphatic carbocycles. The molecule has 1 amide bonds. The minimum absolute atomic E-state index is 0.177. The van der Waals surface area contributed by atoms with E-state index in [1.54, 1.807) is 19.2 Å². The minimum atomic E-state index is -0.177. The smallest absolute Gasteiger partial charge is 0.255 e. The molecule has 0 atom stereocenters. The lowest BCUT2D eigenvalue weighted by Crippen LogP contribution is -2.13. The first-order chi connectivity index (χ1) is 10.5. The Balaban J connectivity index is 2.29. The number of rotatable bonds is 5. The van der Waals surface area contributed by atoms with Crippen LogP contribution >= 0.6 is 45.2 Å². The summed E-state index contributed by atoms with van der Waals surface area (Å²) in [6.45, 7) is 2.40. The molecule has 22 heavy (non-hydrogen) atoms. The summed E-state index contributed by atoms with van der Waals surface area (Å²) in [5, 5.41) is 2.89. The van der Waals surface area contributed by atoms with Crippen LogP contribution in [-0.2, 0) is 0 Å². The Kier molecular flexibility index (Phi) is 6.30. The Morgan fingerprint density at radius 2 is 2.00 bits per heavy atom. The van der Waals surface area contributed by atoms with Gasteiger partial charge in [0.15, 0.2) is 11.5 Å². The maximum Gasteiger partial charge on any atom is 0.255 e. The summed E-state index contributed by atoms with van der Waals surface area (Å²) in [6.07, 6.45) is 0. The molecule has 1 N–H and O–H groups in total. The van der Waals surface area contributed by atoms with Crippen LogP contribution in [0.15, 0.2) is 36.4 Å². The number of hydrogen-bond acceptors (Lipinski definition) is 3. The number of hydrogen-bond donors (Lipinski definition) is 1. The molecule has 6 heteroatoms. The number of ether oxygens (including phenoxy) is 2. The fourth-order valence-corrected chi connectivity index (χ4v) is 3.29. The van der Waals surface area contributed by atoms with Gasteiger partial charge in [-0.15, -0.1) is 0 Å². The first-order valence-corrected chi connectivity index (χ1v) is 8.78. The zero-order chi connectivity index (χ0) is 16.1. The van der Waals surface area contributed by atoms with Gasteiger partial charge in [-0.2, -0.15) is 0 Å². The van der Waals surface area contributed by atoms with E-state index in [4.69, 9.17) is 9.47 Å². The highest BCUT2D eigenvalue weighted by molar-refractivity contribution is 14.1. The molecule has 0 unspecified atom stereocenters. The normalized spacial score (nSPS) is 10.2. The van der Waals surface area contributed by atoms with E-state index in [1.165, 1.54) is 0 Å². The van der Waals surface area contributed by atoms with E-state index in [0.717, 1.165) is 12.8 Å². The van der Waals surface area contributed by atoms with Gasteiger partial charge in [-0.25, -0.2) is 0 Å². The molecular formula is C16H15I2NO3. The molecule has 0 bridgehead atoms. The zero-order valence-corrected chi connectivity index (χ0v) is 16.5. The Hall–Kier alpha value is -1.03. The van der Waals surface area contributed by atoms with Crippen molar-refractivity contribution in [3.63, 3.8) is 0 Å². The van der Waals surface area contributed by atoms with Gasteiger partial charge >= 0.3 is 0 Å². The summed E-state index contributed by atoms with van der Waals surface area (Å²) >= 11 is 4.34. The van der Waals surface area contributed by atoms with Crippen molar-refractivity contribution in [1.29, 1.82) is 0 Å². The lowest BCUT2D eigenvalue weighted by molar-refractivity contribution is 0.102. The molecule has 2 aromatic carbocycles. The van der Waals surface area contributed by atoms with E-state index in [1.807, 2.05) is 31.2 Å². The van der Waals surface area contributed by atoms with Crippen molar-refractivity contribution >= 4 is 56.8 Å². The largest absolute Gasteiger partial charge is 0.492 e. The van der Waals surface area contributed by atoms with Gasteiger partial charge in [0.25, 0.3) is 5.91 Å². The van der Waals surface area contributed by atoms with Crippen LogP contribution in [0.5, 0.6) is 11.5 Å². The molecule has 2 aromatic rings. The lowest BCUT2D eigenvalue weighted by atomic mass is 10.2. The molecule has 0 aliphatic heterocycles. The third kappa shape index (κ3) is 4.25. The third-order valence-electron chi connectivity index (χ3n) is 2.86. The van der Waals surface area contributed by atoms with Crippen LogP contribution in [0.4, 0.5) is 5.69 Å². The fraction of sp³-hybridized carbons (Fsp3) is 0.188. The van der Waals surface area contributed by atoms with Gasteiger partial charge in [-0.1, -0.05) is 6.07 Å². The van der Waals surface area contributed by atoms with E-state index in [-0.39, 0.29) is 5.91 Å². The average Bonchev–Trinajstić information content (AvgIpc) is 2.47. The molecule has 0 spiro atoms. The van der Waals surface area contributed by atoms with Crippen molar-refractivity contribution in [1.82, 2.24) is 0 Å². The first kappa shape index (κ1) is 17.3. The van der Waals surface area contributed by atoms with E-state index in [0.29, 0.717) is 23.7 Å². The molecule has 0 radical (unpaired) electrons. The van der Waals surface area contributed by atoms with E-state index >= 15 is 0 Å². The summed E-state index contributed by atoms with van der Waals surface area (Å²) in [5.74, 6) is 1.04. The Morgan fingerprint density at radius 1 is 1.23 bits per heavy atom. The van der Waals surface area contributed by atoms with Gasteiger partial charge in [-0.05, 0) is 82.4 Å². The second-order valence-electron chi connectivity index (χ2n) is 4.39. The van der Waals surface area contributed by atoms with E-state index in [2.05, 4.69) is 50.5 Å². The summed E-state index contributed by atoms with van der Waals surface area (Å²) in [7, 11) is 1.59. The minimum Gasteiger partial charge on any atom is -0.492 e. The van der Waals surface area contributed by atoms with Crippen LogP contribution in [0.25, 0.3) is 0 Å². The van der Waals surface area contributed by atoms with Crippen molar-refractivity contribution in [3.8, 4) is 11.5 Å². The molecule has 0 saturated carbocycles. The number of halogens is 2. The van der Waals surface area contributed by atoms with Crippen LogP contribution in [0, 0.1) is 7.14 Å². The molecule has 0 aliphatic rings. The average molecular weight is 523 g/mol. The maximum absolute atomic E-state index is 12.4. The second kappa shape index (κ2) is 8.00. The van der Waals surface area contributed by atoms with Crippen molar-refractivity contribution in [2.24, 2.45) is 0 Å². The molecule has 0 heterocycles. The molecule has 2 rings (SSSR count). The molecular weight excluding hydrogens is 508 g/mol. The Bertz CT molecular complexity index is 689. The predicted molar refractivity (Wildman–Crippen MR) is 104 cm³/mol. The molecule has 4 nitrogen and oxygen atoms in total. The molecule has 0 fully saturated rings. The quantitative estimate of drug-likeness (QED) is 0.586. The third-order valence-corrected chi connectivity index (χ3v) is 4.33. The van der Waals surface area contributed by atoms with Crippen molar-refractivity contribution in [2.75, 3.05) is 19.0 Å². The van der Waals surface area contributed by atoms with E-state index < -0.39 is 0 Å². The van der Waals surface area contributed by atoms with Gasteiger partial charge in [0.1, 0.15) is 0 Å². The highest BCUT2D eigenvalue weighted by Gasteiger charge is 2.15. The van der Waals surface area contributed by atoms with Crippen LogP contribution in [0.3, 0.4) is 0 Å². The maximum atomic E-state index is 12.4. The van der Waals surface area contributed by atoms with Gasteiger partial charge in [0, 0.05) is 14.8 Å². The number of nitrogens with one attached hydrogen (secondary N) is 1. The number of amides is 1. The number of benzene rings is 2. The van der Waals surface area contributed by atoms with Crippen LogP contribution < -0.4 is 14.8 Å². The van der Waals surface area contributed by atoms with Crippen LogP contribution in [0.1, 0.15) is 17.3 Å². The summed E-state index contributed by atoms with van der Waals surface area (Å²) in [6, 6.07) is 11.1. The number of carbonyl (C=O) groups is 1. The zero-order valence-electron chi connectivity index (χ0n) is 12.2. The Morgan fingerprint density at radius 3 is 2.64 bits per heavy atom. The van der Waals surface area contributed by atoms with Crippen LogP contribution in [-0.4, -0.2) is 19.6 Å². The highest BCUT2D eigenvalue weighted by Crippen LogP contribution is 2.34. The number of anilines is 1. The first-order valence-electron chi connectivity index (χ1n) is 6.62. The van der Waals surface area contributed by atoms with Crippen molar-refractivity contribution < 1.29 is 14.3 Å². The van der Waals surface area contributed by atoms with Gasteiger partial charge in [0.2, 0.25) is 0 Å². The predicted octanol–water partition coefficient (Wildman–Crippen LogP) is 4.56. The number of methoxy groups -OCH3 is 1. The molecule has 0 saturated heterocycles. The highest BCUT2D eigenvalue weighted by atomic mass is 127. The summed E-state index contributed by atoms with van der Waals surface area (Å²) < 4.78 is 12.8. The molecule has 0 aromatic heterocycles. The van der Waals surface area contributed by atoms with E-state index in [9.17, 15) is 4.79 Å². The lowest BCUT2D eigenvalue weighted by Gasteiger charge is -2.13. The van der Waals surface area contributed by atoms with Crippen LogP contribution in [0.2, 0.25) is 0 Å². The van der Waals surface area contributed by atoms with Gasteiger partial charge in [0.05, 0.1) is 17.3 Å². The monoisotopic (exact) mass is 523 g/mol. The SMILES string of the molecule is CCOc1cc(C(=O)Nc2cccc(I)c2)cc(I)c1OC. The fourth-order valence-electron chi connectivity index (χ4n) is 1.93. The summed E-state index contributed by atoms with van der Waals surface area (Å²) in [5.41, 5.74) is 1.30. The summed E-state index contributed by atoms with van der Waals surface area (Å²) in [4.78, 5) is 12.4. The second-order valence-corrected chi connectivity index (χ2v) is 6.79. The standard InChI is InChI=1S/C16H15I2NO3/c1-3-22-14-8-10(7-13(18)15(14)21-2)16(20)19-12-6-4-5-11(17)9-12/h4-9H,3H2,1-2H3,(H,19,20). The van der Waals surface area contributed by atoms with Gasteiger partial charge in [-0.3, -0.25) is 4.79 Å². The number of carbonyl (C=O) groups excluding carboxylic acids is 1. The van der Waals surface area contributed by atoms with Crippen molar-refractivity contribution in [2.45, 2.75) is 6.92 Å². The van der Waals surface area contributed by atoms with Gasteiger partial charge < -0.3 is 14.8 Å². The Labute approximate surface area is 156 Å². The molecule has 116 valence electrons. The van der Waals surface area contributed by atoms with Crippen molar-refractivity contribution in [3.05, 3.63) is 49.1 Å². The topological polar surface area (TPSA) is 47.6 Å².